The molecule has 0 bridgehead atoms. The van der Waals surface area contributed by atoms with Crippen LogP contribution in [0, 0.1) is 6.92 Å². The number of anilines is 1. The number of rotatable bonds is 4. The minimum absolute atomic E-state index is 0.0928. The molecule has 0 aromatic carbocycles. The molecule has 0 unspecified atom stereocenters. The summed E-state index contributed by atoms with van der Waals surface area (Å²) in [7, 11) is 1.93. The summed E-state index contributed by atoms with van der Waals surface area (Å²) in [6.07, 6.45) is 3.24. The Labute approximate surface area is 104 Å². The zero-order valence-corrected chi connectivity index (χ0v) is 10.6. The van der Waals surface area contributed by atoms with Crippen molar-refractivity contribution in [3.05, 3.63) is 34.2 Å². The van der Waals surface area contributed by atoms with Crippen LogP contribution in [0.3, 0.4) is 0 Å². The summed E-state index contributed by atoms with van der Waals surface area (Å²) < 4.78 is 0. The van der Waals surface area contributed by atoms with E-state index >= 15 is 0 Å². The number of aliphatic hydroxyl groups is 1. The molecule has 5 nitrogen and oxygen atoms in total. The third-order valence-electron chi connectivity index (χ3n) is 2.29. The molecule has 0 aliphatic carbocycles. The lowest BCUT2D eigenvalue weighted by atomic mass is 10.4. The summed E-state index contributed by atoms with van der Waals surface area (Å²) in [5.41, 5.74) is 1.59. The Hall–Kier alpha value is -1.53. The van der Waals surface area contributed by atoms with Gasteiger partial charge in [-0.25, -0.2) is 9.97 Å². The highest BCUT2D eigenvalue weighted by molar-refractivity contribution is 7.09. The molecule has 1 N–H and O–H groups in total. The maximum Gasteiger partial charge on any atom is 0.147 e. The second kappa shape index (κ2) is 5.20. The van der Waals surface area contributed by atoms with Crippen LogP contribution in [0.2, 0.25) is 0 Å². The Kier molecular flexibility index (Phi) is 3.65. The number of aromatic nitrogens is 3. The largest absolute Gasteiger partial charge is 0.390 e. The average molecular weight is 250 g/mol. The van der Waals surface area contributed by atoms with Gasteiger partial charge in [-0.3, -0.25) is 4.98 Å². The van der Waals surface area contributed by atoms with Crippen LogP contribution >= 0.6 is 11.3 Å². The molecule has 2 aromatic rings. The molecule has 6 heteroatoms. The predicted octanol–water partition coefficient (Wildman–Crippen LogP) is 1.37. The maximum atomic E-state index is 9.01. The molecule has 0 radical (unpaired) electrons. The van der Waals surface area contributed by atoms with E-state index < -0.39 is 0 Å². The minimum Gasteiger partial charge on any atom is -0.390 e. The van der Waals surface area contributed by atoms with E-state index in [2.05, 4.69) is 15.0 Å². The lowest BCUT2D eigenvalue weighted by molar-refractivity contribution is 0.276. The van der Waals surface area contributed by atoms with Crippen LogP contribution in [0.15, 0.2) is 17.8 Å². The molecule has 2 aromatic heterocycles. The van der Waals surface area contributed by atoms with Gasteiger partial charge >= 0.3 is 0 Å². The summed E-state index contributed by atoms with van der Waals surface area (Å²) in [6, 6.07) is 0. The Morgan fingerprint density at radius 3 is 2.76 bits per heavy atom. The molecule has 0 saturated heterocycles. The molecule has 0 fully saturated rings. The van der Waals surface area contributed by atoms with Crippen molar-refractivity contribution in [1.82, 2.24) is 15.0 Å². The van der Waals surface area contributed by atoms with Gasteiger partial charge in [0.2, 0.25) is 0 Å². The van der Waals surface area contributed by atoms with E-state index in [1.807, 2.05) is 24.3 Å². The van der Waals surface area contributed by atoms with Gasteiger partial charge < -0.3 is 10.0 Å². The lowest BCUT2D eigenvalue weighted by Gasteiger charge is -2.16. The SMILES string of the molecule is Cc1nc(CN(C)c2cncc(CO)n2)cs1. The fraction of sp³-hybridized carbons (Fsp3) is 0.364. The summed E-state index contributed by atoms with van der Waals surface area (Å²) >= 11 is 1.64. The molecule has 2 rings (SSSR count). The summed E-state index contributed by atoms with van der Waals surface area (Å²) in [5.74, 6) is 0.738. The van der Waals surface area contributed by atoms with Crippen molar-refractivity contribution < 1.29 is 5.11 Å². The number of nitrogens with zero attached hydrogens (tertiary/aromatic N) is 4. The van der Waals surface area contributed by atoms with Gasteiger partial charge in [0, 0.05) is 12.4 Å². The van der Waals surface area contributed by atoms with Crippen LogP contribution in [-0.2, 0) is 13.2 Å². The first-order valence-electron chi connectivity index (χ1n) is 5.23. The molecule has 90 valence electrons. The molecule has 0 spiro atoms. The molecule has 2 heterocycles. The molecule has 17 heavy (non-hydrogen) atoms. The summed E-state index contributed by atoms with van der Waals surface area (Å²) in [5, 5.41) is 12.1. The highest BCUT2D eigenvalue weighted by Gasteiger charge is 2.07. The van der Waals surface area contributed by atoms with Crippen molar-refractivity contribution >= 4 is 17.2 Å². The highest BCUT2D eigenvalue weighted by Crippen LogP contribution is 2.14. The van der Waals surface area contributed by atoms with E-state index in [1.165, 1.54) is 0 Å². The first kappa shape index (κ1) is 11.9. The van der Waals surface area contributed by atoms with Crippen LogP contribution in [0.1, 0.15) is 16.4 Å². The Morgan fingerprint density at radius 2 is 2.12 bits per heavy atom. The minimum atomic E-state index is -0.0928. The lowest BCUT2D eigenvalue weighted by Crippen LogP contribution is -2.18. The first-order chi connectivity index (χ1) is 8.19. The van der Waals surface area contributed by atoms with Crippen molar-refractivity contribution in [3.8, 4) is 0 Å². The Morgan fingerprint density at radius 1 is 1.29 bits per heavy atom. The smallest absolute Gasteiger partial charge is 0.147 e. The number of hydrogen-bond donors (Lipinski definition) is 1. The summed E-state index contributed by atoms with van der Waals surface area (Å²) in [6.45, 7) is 2.58. The van der Waals surface area contributed by atoms with E-state index in [0.29, 0.717) is 12.2 Å². The number of aryl methyl sites for hydroxylation is 1. The number of thiazole rings is 1. The predicted molar refractivity (Wildman–Crippen MR) is 66.9 cm³/mol. The van der Waals surface area contributed by atoms with Crippen molar-refractivity contribution in [3.63, 3.8) is 0 Å². The molecule has 0 atom stereocenters. The fourth-order valence-corrected chi connectivity index (χ4v) is 2.06. The van der Waals surface area contributed by atoms with Crippen molar-refractivity contribution in [2.24, 2.45) is 0 Å². The second-order valence-electron chi connectivity index (χ2n) is 3.74. The number of hydrogen-bond acceptors (Lipinski definition) is 6. The van der Waals surface area contributed by atoms with Crippen molar-refractivity contribution in [2.75, 3.05) is 11.9 Å². The van der Waals surface area contributed by atoms with Gasteiger partial charge in [-0.2, -0.15) is 0 Å². The van der Waals surface area contributed by atoms with Gasteiger partial charge in [0.1, 0.15) is 5.82 Å². The van der Waals surface area contributed by atoms with Gasteiger partial charge in [-0.1, -0.05) is 0 Å². The second-order valence-corrected chi connectivity index (χ2v) is 4.80. The van der Waals surface area contributed by atoms with Crippen LogP contribution in [0.5, 0.6) is 0 Å². The zero-order valence-electron chi connectivity index (χ0n) is 9.79. The first-order valence-corrected chi connectivity index (χ1v) is 6.11. The van der Waals surface area contributed by atoms with E-state index in [1.54, 1.807) is 23.7 Å². The standard InChI is InChI=1S/C11H14N4OS/c1-8-13-10(7-17-8)5-15(2)11-4-12-3-9(6-16)14-11/h3-4,7,16H,5-6H2,1-2H3. The van der Waals surface area contributed by atoms with Crippen molar-refractivity contribution in [2.45, 2.75) is 20.1 Å². The van der Waals surface area contributed by atoms with Crippen LogP contribution < -0.4 is 4.90 Å². The van der Waals surface area contributed by atoms with E-state index in [9.17, 15) is 0 Å². The normalized spacial score (nSPS) is 10.5. The molecule has 0 saturated carbocycles. The van der Waals surface area contributed by atoms with Gasteiger partial charge in [-0.05, 0) is 6.92 Å². The highest BCUT2D eigenvalue weighted by atomic mass is 32.1. The zero-order chi connectivity index (χ0) is 12.3. The van der Waals surface area contributed by atoms with Gasteiger partial charge in [0.25, 0.3) is 0 Å². The van der Waals surface area contributed by atoms with Gasteiger partial charge in [0.15, 0.2) is 0 Å². The van der Waals surface area contributed by atoms with Gasteiger partial charge in [-0.15, -0.1) is 11.3 Å². The van der Waals surface area contributed by atoms with E-state index in [-0.39, 0.29) is 6.61 Å². The monoisotopic (exact) mass is 250 g/mol. The van der Waals surface area contributed by atoms with Crippen LogP contribution in [-0.4, -0.2) is 27.1 Å². The van der Waals surface area contributed by atoms with E-state index in [0.717, 1.165) is 16.5 Å². The molecular formula is C11H14N4OS. The third kappa shape index (κ3) is 2.98. The fourth-order valence-electron chi connectivity index (χ4n) is 1.46. The topological polar surface area (TPSA) is 62.1 Å². The van der Waals surface area contributed by atoms with Gasteiger partial charge in [0.05, 0.1) is 41.9 Å². The molecule has 0 aliphatic rings. The molecular weight excluding hydrogens is 236 g/mol. The Bertz CT molecular complexity index is 500. The summed E-state index contributed by atoms with van der Waals surface area (Å²) in [4.78, 5) is 14.7. The maximum absolute atomic E-state index is 9.01. The third-order valence-corrected chi connectivity index (χ3v) is 3.11. The van der Waals surface area contributed by atoms with E-state index in [4.69, 9.17) is 5.11 Å². The average Bonchev–Trinajstić information content (AvgIpc) is 2.75. The van der Waals surface area contributed by atoms with Crippen LogP contribution in [0.4, 0.5) is 5.82 Å². The Balaban J connectivity index is 2.11. The number of aliphatic hydroxyl groups excluding tert-OH is 1. The molecule has 0 aliphatic heterocycles. The van der Waals surface area contributed by atoms with Crippen LogP contribution in [0.25, 0.3) is 0 Å². The quantitative estimate of drug-likeness (QED) is 0.888. The van der Waals surface area contributed by atoms with Crippen molar-refractivity contribution in [1.29, 1.82) is 0 Å². The molecule has 0 amide bonds.